The molecule has 1 unspecified atom stereocenters. The van der Waals surface area contributed by atoms with Crippen molar-refractivity contribution in [3.8, 4) is 0 Å². The molecule has 0 aliphatic carbocycles. The molecule has 1 heterocycles. The Bertz CT molecular complexity index is 876. The summed E-state index contributed by atoms with van der Waals surface area (Å²) in [6, 6.07) is 8.71. The number of rotatable bonds is 4. The SMILES string of the molecule is O=C(NCc1ccccc1Cl)C1CC(=O)N(c2ccc(F)c(F)c2F)C1. The van der Waals surface area contributed by atoms with Crippen LogP contribution in [-0.4, -0.2) is 18.4 Å². The smallest absolute Gasteiger partial charge is 0.227 e. The summed E-state index contributed by atoms with van der Waals surface area (Å²) in [5.41, 5.74) is 0.339. The van der Waals surface area contributed by atoms with Crippen LogP contribution >= 0.6 is 11.6 Å². The van der Waals surface area contributed by atoms with Gasteiger partial charge in [-0.2, -0.15) is 0 Å². The minimum atomic E-state index is -1.65. The summed E-state index contributed by atoms with van der Waals surface area (Å²) in [4.78, 5) is 25.4. The maximum atomic E-state index is 13.9. The van der Waals surface area contributed by atoms with E-state index in [0.717, 1.165) is 22.6 Å². The molecule has 0 saturated carbocycles. The third-order valence-electron chi connectivity index (χ3n) is 4.21. The highest BCUT2D eigenvalue weighted by molar-refractivity contribution is 6.31. The van der Waals surface area contributed by atoms with E-state index >= 15 is 0 Å². The highest BCUT2D eigenvalue weighted by atomic mass is 35.5. The Morgan fingerprint density at radius 2 is 1.88 bits per heavy atom. The molecule has 1 aliphatic rings. The van der Waals surface area contributed by atoms with Gasteiger partial charge in [-0.1, -0.05) is 29.8 Å². The molecule has 0 radical (unpaired) electrons. The van der Waals surface area contributed by atoms with Crippen LogP contribution in [0.1, 0.15) is 12.0 Å². The quantitative estimate of drug-likeness (QED) is 0.824. The summed E-state index contributed by atoms with van der Waals surface area (Å²) in [5, 5.41) is 3.18. The third kappa shape index (κ3) is 3.53. The fraction of sp³-hybridized carbons (Fsp3) is 0.222. The highest BCUT2D eigenvalue weighted by Crippen LogP contribution is 2.29. The number of hydrogen-bond donors (Lipinski definition) is 1. The number of benzene rings is 2. The first kappa shape index (κ1) is 18.3. The summed E-state index contributed by atoms with van der Waals surface area (Å²) in [6.45, 7) is 0.0674. The molecule has 2 amide bonds. The van der Waals surface area contributed by atoms with Crippen LogP contribution in [-0.2, 0) is 16.1 Å². The van der Waals surface area contributed by atoms with Gasteiger partial charge in [0.15, 0.2) is 17.5 Å². The average Bonchev–Trinajstić information content (AvgIpc) is 3.00. The minimum absolute atomic E-state index is 0.116. The molecule has 1 fully saturated rings. The van der Waals surface area contributed by atoms with Gasteiger partial charge in [0.2, 0.25) is 11.8 Å². The molecule has 1 N–H and O–H groups in total. The lowest BCUT2D eigenvalue weighted by Gasteiger charge is -2.18. The fourth-order valence-electron chi connectivity index (χ4n) is 2.81. The van der Waals surface area contributed by atoms with Crippen molar-refractivity contribution >= 4 is 29.1 Å². The number of nitrogens with zero attached hydrogens (tertiary/aromatic N) is 1. The molecule has 26 heavy (non-hydrogen) atoms. The van der Waals surface area contributed by atoms with E-state index in [1.54, 1.807) is 24.3 Å². The van der Waals surface area contributed by atoms with Crippen LogP contribution in [0.15, 0.2) is 36.4 Å². The summed E-state index contributed by atoms with van der Waals surface area (Å²) in [6.07, 6.45) is -0.146. The van der Waals surface area contributed by atoms with Crippen LogP contribution < -0.4 is 10.2 Å². The Hall–Kier alpha value is -2.54. The first-order valence-electron chi connectivity index (χ1n) is 7.83. The zero-order chi connectivity index (χ0) is 18.8. The Morgan fingerprint density at radius 3 is 2.62 bits per heavy atom. The predicted molar refractivity (Wildman–Crippen MR) is 90.1 cm³/mol. The predicted octanol–water partition coefficient (Wildman–Crippen LogP) is 3.43. The number of nitrogens with one attached hydrogen (secondary N) is 1. The molecule has 3 rings (SSSR count). The second kappa shape index (κ2) is 7.37. The van der Waals surface area contributed by atoms with Gasteiger partial charge in [0.05, 0.1) is 11.6 Å². The second-order valence-electron chi connectivity index (χ2n) is 5.91. The van der Waals surface area contributed by atoms with Gasteiger partial charge in [-0.25, -0.2) is 13.2 Å². The Labute approximate surface area is 152 Å². The Morgan fingerprint density at radius 1 is 1.15 bits per heavy atom. The first-order valence-corrected chi connectivity index (χ1v) is 8.21. The highest BCUT2D eigenvalue weighted by Gasteiger charge is 2.36. The van der Waals surface area contributed by atoms with Crippen LogP contribution in [0.2, 0.25) is 5.02 Å². The van der Waals surface area contributed by atoms with Gasteiger partial charge in [0.25, 0.3) is 0 Å². The maximum absolute atomic E-state index is 13.9. The van der Waals surface area contributed by atoms with E-state index < -0.39 is 35.2 Å². The van der Waals surface area contributed by atoms with E-state index in [0.29, 0.717) is 5.02 Å². The molecule has 0 bridgehead atoms. The molecule has 2 aromatic carbocycles. The number of anilines is 1. The van der Waals surface area contributed by atoms with Crippen molar-refractivity contribution < 1.29 is 22.8 Å². The molecule has 136 valence electrons. The summed E-state index contributed by atoms with van der Waals surface area (Å²) in [5.74, 6) is -6.10. The number of halogens is 4. The van der Waals surface area contributed by atoms with Crippen molar-refractivity contribution in [1.82, 2.24) is 5.32 Å². The van der Waals surface area contributed by atoms with Crippen LogP contribution in [0.4, 0.5) is 18.9 Å². The van der Waals surface area contributed by atoms with Gasteiger partial charge < -0.3 is 10.2 Å². The van der Waals surface area contributed by atoms with Crippen molar-refractivity contribution in [2.75, 3.05) is 11.4 Å². The normalized spacial score (nSPS) is 16.8. The third-order valence-corrected chi connectivity index (χ3v) is 4.58. The lowest BCUT2D eigenvalue weighted by Crippen LogP contribution is -2.33. The molecule has 1 atom stereocenters. The van der Waals surface area contributed by atoms with Crippen molar-refractivity contribution in [1.29, 1.82) is 0 Å². The van der Waals surface area contributed by atoms with Crippen LogP contribution in [0.25, 0.3) is 0 Å². The van der Waals surface area contributed by atoms with Crippen molar-refractivity contribution in [3.63, 3.8) is 0 Å². The van der Waals surface area contributed by atoms with Crippen molar-refractivity contribution in [2.24, 2.45) is 5.92 Å². The molecule has 0 aromatic heterocycles. The van der Waals surface area contributed by atoms with Crippen LogP contribution in [0.5, 0.6) is 0 Å². The fourth-order valence-corrected chi connectivity index (χ4v) is 3.01. The standard InChI is InChI=1S/C18H14ClF3N2O2/c19-12-4-2-1-3-10(12)8-23-18(26)11-7-15(25)24(9-11)14-6-5-13(20)16(21)17(14)22/h1-6,11H,7-9H2,(H,23,26). The summed E-state index contributed by atoms with van der Waals surface area (Å²) in [7, 11) is 0. The zero-order valence-corrected chi connectivity index (χ0v) is 14.2. The second-order valence-corrected chi connectivity index (χ2v) is 6.32. The number of carbonyl (C=O) groups is 2. The average molecular weight is 383 g/mol. The number of carbonyl (C=O) groups excluding carboxylic acids is 2. The van der Waals surface area contributed by atoms with Crippen LogP contribution in [0.3, 0.4) is 0 Å². The Balaban J connectivity index is 1.69. The molecule has 2 aromatic rings. The molecular formula is C18H14ClF3N2O2. The van der Waals surface area contributed by atoms with Crippen molar-refractivity contribution in [3.05, 3.63) is 64.4 Å². The van der Waals surface area contributed by atoms with Crippen LogP contribution in [0, 0.1) is 23.4 Å². The van der Waals surface area contributed by atoms with Crippen molar-refractivity contribution in [2.45, 2.75) is 13.0 Å². The lowest BCUT2D eigenvalue weighted by atomic mass is 10.1. The minimum Gasteiger partial charge on any atom is -0.352 e. The maximum Gasteiger partial charge on any atom is 0.227 e. The van der Waals surface area contributed by atoms with E-state index in [1.807, 2.05) is 0 Å². The molecule has 4 nitrogen and oxygen atoms in total. The van der Waals surface area contributed by atoms with Gasteiger partial charge in [0, 0.05) is 24.5 Å². The van der Waals surface area contributed by atoms with E-state index in [1.165, 1.54) is 0 Å². The van der Waals surface area contributed by atoms with Gasteiger partial charge in [0.1, 0.15) is 0 Å². The molecular weight excluding hydrogens is 369 g/mol. The largest absolute Gasteiger partial charge is 0.352 e. The van der Waals surface area contributed by atoms with Gasteiger partial charge >= 0.3 is 0 Å². The number of amides is 2. The van der Waals surface area contributed by atoms with Gasteiger partial charge in [-0.05, 0) is 23.8 Å². The molecule has 1 aliphatic heterocycles. The van der Waals surface area contributed by atoms with E-state index in [2.05, 4.69) is 5.32 Å². The Kier molecular flexibility index (Phi) is 5.18. The summed E-state index contributed by atoms with van der Waals surface area (Å²) < 4.78 is 40.3. The lowest BCUT2D eigenvalue weighted by molar-refractivity contribution is -0.126. The molecule has 0 spiro atoms. The molecule has 1 saturated heterocycles. The molecule has 8 heteroatoms. The topological polar surface area (TPSA) is 49.4 Å². The van der Waals surface area contributed by atoms with Gasteiger partial charge in [-0.3, -0.25) is 9.59 Å². The van der Waals surface area contributed by atoms with E-state index in [4.69, 9.17) is 11.6 Å². The number of hydrogen-bond acceptors (Lipinski definition) is 2. The van der Waals surface area contributed by atoms with E-state index in [9.17, 15) is 22.8 Å². The summed E-state index contributed by atoms with van der Waals surface area (Å²) >= 11 is 6.02. The van der Waals surface area contributed by atoms with E-state index in [-0.39, 0.29) is 25.2 Å². The zero-order valence-electron chi connectivity index (χ0n) is 13.4. The first-order chi connectivity index (χ1) is 12.4. The van der Waals surface area contributed by atoms with Gasteiger partial charge in [-0.15, -0.1) is 0 Å². The monoisotopic (exact) mass is 382 g/mol.